The molecule has 1 nitrogen and oxygen atoms in total. The molecule has 0 saturated carbocycles. The third kappa shape index (κ3) is 3.38. The van der Waals surface area contributed by atoms with Gasteiger partial charge in [0.05, 0.1) is 6.07 Å². The van der Waals surface area contributed by atoms with Crippen LogP contribution in [-0.2, 0) is 11.8 Å². The monoisotopic (exact) mass is 215 g/mol. The number of benzene rings is 1. The summed E-state index contributed by atoms with van der Waals surface area (Å²) in [5.74, 6) is 0. The molecule has 0 saturated heterocycles. The quantitative estimate of drug-likeness (QED) is 0.695. The average Bonchev–Trinajstić information content (AvgIpc) is 2.19. The molecule has 1 aromatic carbocycles. The maximum Gasteiger partial charge on any atom is 0.0621 e. The average molecular weight is 215 g/mol. The van der Waals surface area contributed by atoms with E-state index in [1.807, 2.05) is 0 Å². The number of unbranched alkanes of at least 4 members (excludes halogenated alkanes) is 1. The SMILES string of the molecule is Cc1ccc(CCCC#N)cc1C(C)(C)C. The summed E-state index contributed by atoms with van der Waals surface area (Å²) in [5.41, 5.74) is 4.33. The first kappa shape index (κ1) is 12.8. The van der Waals surface area contributed by atoms with Crippen LogP contribution in [0, 0.1) is 18.3 Å². The minimum Gasteiger partial charge on any atom is -0.198 e. The first-order valence-corrected chi connectivity index (χ1v) is 5.92. The largest absolute Gasteiger partial charge is 0.198 e. The second-order valence-electron chi connectivity index (χ2n) is 5.41. The van der Waals surface area contributed by atoms with Gasteiger partial charge in [0, 0.05) is 6.42 Å². The number of nitriles is 1. The molecule has 0 atom stereocenters. The Morgan fingerprint density at radius 3 is 2.50 bits per heavy atom. The number of rotatable bonds is 3. The predicted molar refractivity (Wildman–Crippen MR) is 68.4 cm³/mol. The number of aryl methyl sites for hydroxylation is 2. The molecule has 1 heteroatoms. The van der Waals surface area contributed by atoms with Crippen molar-refractivity contribution < 1.29 is 0 Å². The van der Waals surface area contributed by atoms with E-state index in [1.54, 1.807) is 0 Å². The van der Waals surface area contributed by atoms with E-state index in [9.17, 15) is 0 Å². The molecule has 1 aromatic rings. The van der Waals surface area contributed by atoms with Gasteiger partial charge in [0.25, 0.3) is 0 Å². The van der Waals surface area contributed by atoms with Crippen molar-refractivity contribution in [3.63, 3.8) is 0 Å². The van der Waals surface area contributed by atoms with Gasteiger partial charge in [-0.05, 0) is 41.9 Å². The summed E-state index contributed by atoms with van der Waals surface area (Å²) in [6.07, 6.45) is 2.62. The molecule has 0 radical (unpaired) electrons. The van der Waals surface area contributed by atoms with E-state index in [0.717, 1.165) is 12.8 Å². The molecule has 0 aliphatic rings. The van der Waals surface area contributed by atoms with E-state index >= 15 is 0 Å². The van der Waals surface area contributed by atoms with Crippen LogP contribution in [0.25, 0.3) is 0 Å². The van der Waals surface area contributed by atoms with Crippen LogP contribution in [-0.4, -0.2) is 0 Å². The lowest BCUT2D eigenvalue weighted by molar-refractivity contribution is 0.585. The van der Waals surface area contributed by atoms with E-state index < -0.39 is 0 Å². The fraction of sp³-hybridized carbons (Fsp3) is 0.533. The highest BCUT2D eigenvalue weighted by Gasteiger charge is 2.16. The van der Waals surface area contributed by atoms with Crippen molar-refractivity contribution >= 4 is 0 Å². The predicted octanol–water partition coefficient (Wildman–Crippen LogP) is 4.14. The zero-order valence-electron chi connectivity index (χ0n) is 10.8. The van der Waals surface area contributed by atoms with Crippen LogP contribution in [0.3, 0.4) is 0 Å². The van der Waals surface area contributed by atoms with Crippen molar-refractivity contribution in [2.75, 3.05) is 0 Å². The lowest BCUT2D eigenvalue weighted by Gasteiger charge is -2.22. The van der Waals surface area contributed by atoms with Crippen molar-refractivity contribution in [3.05, 3.63) is 34.9 Å². The lowest BCUT2D eigenvalue weighted by atomic mass is 9.83. The fourth-order valence-corrected chi connectivity index (χ4v) is 2.00. The first-order chi connectivity index (χ1) is 7.45. The highest BCUT2D eigenvalue weighted by atomic mass is 14.2. The summed E-state index contributed by atoms with van der Waals surface area (Å²) in [7, 11) is 0. The Bertz CT molecular complexity index is 391. The number of hydrogen-bond acceptors (Lipinski definition) is 1. The van der Waals surface area contributed by atoms with E-state index in [1.165, 1.54) is 16.7 Å². The summed E-state index contributed by atoms with van der Waals surface area (Å²) in [6, 6.07) is 8.87. The van der Waals surface area contributed by atoms with Crippen LogP contribution >= 0.6 is 0 Å². The molecule has 1 rings (SSSR count). The first-order valence-electron chi connectivity index (χ1n) is 5.92. The molecular weight excluding hydrogens is 194 g/mol. The number of hydrogen-bond donors (Lipinski definition) is 0. The zero-order chi connectivity index (χ0) is 12.2. The topological polar surface area (TPSA) is 23.8 Å². The normalized spacial score (nSPS) is 11.2. The van der Waals surface area contributed by atoms with Gasteiger partial charge in [-0.1, -0.05) is 39.0 Å². The third-order valence-electron chi connectivity index (χ3n) is 2.86. The Morgan fingerprint density at radius 1 is 1.25 bits per heavy atom. The molecule has 0 aromatic heterocycles. The summed E-state index contributed by atoms with van der Waals surface area (Å²) in [6.45, 7) is 8.90. The molecule has 0 heterocycles. The summed E-state index contributed by atoms with van der Waals surface area (Å²) in [4.78, 5) is 0. The molecule has 0 aliphatic heterocycles. The standard InChI is InChI=1S/C15H21N/c1-12-8-9-13(7-5-6-10-16)11-14(12)15(2,3)4/h8-9,11H,5-7H2,1-4H3. The van der Waals surface area contributed by atoms with Gasteiger partial charge in [0.15, 0.2) is 0 Å². The van der Waals surface area contributed by atoms with Crippen LogP contribution in [0.15, 0.2) is 18.2 Å². The molecule has 16 heavy (non-hydrogen) atoms. The molecule has 86 valence electrons. The van der Waals surface area contributed by atoms with Crippen LogP contribution in [0.1, 0.15) is 50.3 Å². The Morgan fingerprint density at radius 2 is 1.94 bits per heavy atom. The van der Waals surface area contributed by atoms with Gasteiger partial charge in [-0.15, -0.1) is 0 Å². The molecule has 0 aliphatic carbocycles. The van der Waals surface area contributed by atoms with E-state index in [2.05, 4.69) is 52.0 Å². The van der Waals surface area contributed by atoms with E-state index in [4.69, 9.17) is 5.26 Å². The summed E-state index contributed by atoms with van der Waals surface area (Å²) in [5, 5.41) is 8.52. The summed E-state index contributed by atoms with van der Waals surface area (Å²) >= 11 is 0. The second kappa shape index (κ2) is 5.16. The van der Waals surface area contributed by atoms with Crippen LogP contribution in [0.5, 0.6) is 0 Å². The Balaban J connectivity index is 2.87. The van der Waals surface area contributed by atoms with E-state index in [0.29, 0.717) is 6.42 Å². The lowest BCUT2D eigenvalue weighted by Crippen LogP contribution is -2.13. The van der Waals surface area contributed by atoms with Crippen LogP contribution in [0.2, 0.25) is 0 Å². The Kier molecular flexibility index (Phi) is 4.12. The minimum absolute atomic E-state index is 0.204. The van der Waals surface area contributed by atoms with Crippen LogP contribution < -0.4 is 0 Å². The van der Waals surface area contributed by atoms with Gasteiger partial charge in [-0.25, -0.2) is 0 Å². The highest BCUT2D eigenvalue weighted by Crippen LogP contribution is 2.26. The molecule has 0 fully saturated rings. The van der Waals surface area contributed by atoms with E-state index in [-0.39, 0.29) is 5.41 Å². The maximum absolute atomic E-state index is 8.52. The number of nitrogens with zero attached hydrogens (tertiary/aromatic N) is 1. The van der Waals surface area contributed by atoms with Gasteiger partial charge in [0.1, 0.15) is 0 Å². The molecule has 0 unspecified atom stereocenters. The van der Waals surface area contributed by atoms with Crippen LogP contribution in [0.4, 0.5) is 0 Å². The van der Waals surface area contributed by atoms with Gasteiger partial charge in [-0.2, -0.15) is 5.26 Å². The van der Waals surface area contributed by atoms with Crippen molar-refractivity contribution in [2.24, 2.45) is 0 Å². The Hall–Kier alpha value is -1.29. The highest BCUT2D eigenvalue weighted by molar-refractivity contribution is 5.35. The van der Waals surface area contributed by atoms with Gasteiger partial charge >= 0.3 is 0 Å². The van der Waals surface area contributed by atoms with Crippen molar-refractivity contribution in [2.45, 2.75) is 52.4 Å². The van der Waals surface area contributed by atoms with Gasteiger partial charge in [0.2, 0.25) is 0 Å². The third-order valence-corrected chi connectivity index (χ3v) is 2.86. The summed E-state index contributed by atoms with van der Waals surface area (Å²) < 4.78 is 0. The Labute approximate surface area is 99.1 Å². The van der Waals surface area contributed by atoms with Crippen molar-refractivity contribution in [1.82, 2.24) is 0 Å². The molecule has 0 bridgehead atoms. The van der Waals surface area contributed by atoms with Crippen molar-refractivity contribution in [3.8, 4) is 6.07 Å². The smallest absolute Gasteiger partial charge is 0.0621 e. The second-order valence-corrected chi connectivity index (χ2v) is 5.41. The fourth-order valence-electron chi connectivity index (χ4n) is 2.00. The zero-order valence-corrected chi connectivity index (χ0v) is 10.8. The minimum atomic E-state index is 0.204. The molecule has 0 amide bonds. The molecular formula is C15H21N. The maximum atomic E-state index is 8.52. The van der Waals surface area contributed by atoms with Gasteiger partial charge < -0.3 is 0 Å². The molecule has 0 spiro atoms. The molecule has 0 N–H and O–H groups in total. The van der Waals surface area contributed by atoms with Crippen molar-refractivity contribution in [1.29, 1.82) is 5.26 Å². The van der Waals surface area contributed by atoms with Gasteiger partial charge in [-0.3, -0.25) is 0 Å².